The van der Waals surface area contributed by atoms with E-state index >= 15 is 0 Å². The van der Waals surface area contributed by atoms with Crippen LogP contribution in [0.25, 0.3) is 0 Å². The topological polar surface area (TPSA) is 116 Å². The molecular weight excluding hydrogens is 421 g/mol. The number of hydrogen-bond donors (Lipinski definition) is 2. The molecule has 1 aromatic carbocycles. The van der Waals surface area contributed by atoms with Gasteiger partial charge >= 0.3 is 12.1 Å². The maximum atomic E-state index is 14.4. The van der Waals surface area contributed by atoms with Gasteiger partial charge in [-0.05, 0) is 24.5 Å². The summed E-state index contributed by atoms with van der Waals surface area (Å²) in [5.74, 6) is -8.11. The predicted molar refractivity (Wildman–Crippen MR) is 97.5 cm³/mol. The van der Waals surface area contributed by atoms with Crippen LogP contribution in [0.2, 0.25) is 0 Å². The molecule has 164 valence electrons. The van der Waals surface area contributed by atoms with Crippen LogP contribution in [0.3, 0.4) is 0 Å². The number of amides is 1. The molecule has 0 aromatic heterocycles. The third-order valence-electron chi connectivity index (χ3n) is 4.04. The number of nitrogens with two attached hydrogens (primary N) is 2. The molecule has 0 radical (unpaired) electrons. The zero-order chi connectivity index (χ0) is 22.6. The molecule has 1 amide bonds. The van der Waals surface area contributed by atoms with Gasteiger partial charge in [0.2, 0.25) is 0 Å². The monoisotopic (exact) mass is 443 g/mol. The smallest absolute Gasteiger partial charge is 0.370 e. The SMILES string of the molecule is CCCCCCc1ccc(C(=O)N=C(N)N)c(C(F)(F)C(F)(F)F)c1S(C)(=O)=O. The van der Waals surface area contributed by atoms with E-state index in [4.69, 9.17) is 11.5 Å². The van der Waals surface area contributed by atoms with Gasteiger partial charge in [-0.1, -0.05) is 32.3 Å². The highest BCUT2D eigenvalue weighted by Crippen LogP contribution is 2.48. The summed E-state index contributed by atoms with van der Waals surface area (Å²) in [4.78, 5) is 13.8. The first kappa shape index (κ1) is 24.8. The van der Waals surface area contributed by atoms with Crippen LogP contribution in [0, 0.1) is 0 Å². The highest BCUT2D eigenvalue weighted by Gasteiger charge is 2.61. The Morgan fingerprint density at radius 1 is 1.07 bits per heavy atom. The molecule has 0 unspecified atom stereocenters. The van der Waals surface area contributed by atoms with E-state index in [2.05, 4.69) is 4.99 Å². The third-order valence-corrected chi connectivity index (χ3v) is 5.25. The number of hydrogen-bond acceptors (Lipinski definition) is 3. The van der Waals surface area contributed by atoms with Crippen molar-refractivity contribution in [2.45, 2.75) is 56.0 Å². The van der Waals surface area contributed by atoms with Crippen LogP contribution in [0.15, 0.2) is 22.0 Å². The highest BCUT2D eigenvalue weighted by molar-refractivity contribution is 7.90. The minimum Gasteiger partial charge on any atom is -0.370 e. The lowest BCUT2D eigenvalue weighted by molar-refractivity contribution is -0.290. The molecule has 1 aromatic rings. The number of alkyl halides is 5. The standard InChI is InChI=1S/C17H22F5N3O3S/c1-3-4-5-6-7-10-8-9-11(14(26)25-15(23)24)12(13(10)29(2,27)28)16(18,19)17(20,21)22/h8-9H,3-7H2,1-2H3,(H4,23,24,25,26). The summed E-state index contributed by atoms with van der Waals surface area (Å²) in [5.41, 5.74) is 6.57. The number of halogens is 5. The number of carbonyl (C=O) groups excluding carboxylic acids is 1. The first-order chi connectivity index (χ1) is 13.1. The predicted octanol–water partition coefficient (Wildman–Crippen LogP) is 3.28. The first-order valence-electron chi connectivity index (χ1n) is 8.59. The van der Waals surface area contributed by atoms with Crippen LogP contribution >= 0.6 is 0 Å². The Balaban J connectivity index is 3.87. The average Bonchev–Trinajstić information content (AvgIpc) is 2.55. The van der Waals surface area contributed by atoms with Gasteiger partial charge in [0.15, 0.2) is 15.8 Å². The zero-order valence-electron chi connectivity index (χ0n) is 15.8. The molecule has 4 N–H and O–H groups in total. The molecule has 1 rings (SSSR count). The second-order valence-corrected chi connectivity index (χ2v) is 8.43. The molecule has 0 heterocycles. The molecule has 0 atom stereocenters. The van der Waals surface area contributed by atoms with Gasteiger partial charge in [0.25, 0.3) is 5.91 Å². The molecule has 0 saturated heterocycles. The number of benzene rings is 1. The van der Waals surface area contributed by atoms with Crippen molar-refractivity contribution in [3.63, 3.8) is 0 Å². The Morgan fingerprint density at radius 3 is 2.10 bits per heavy atom. The Kier molecular flexibility index (Phi) is 7.74. The van der Waals surface area contributed by atoms with Crippen molar-refractivity contribution in [2.75, 3.05) is 6.26 Å². The van der Waals surface area contributed by atoms with E-state index < -0.39 is 49.8 Å². The number of aliphatic imine (C=N–C) groups is 1. The Hall–Kier alpha value is -2.24. The summed E-state index contributed by atoms with van der Waals surface area (Å²) >= 11 is 0. The van der Waals surface area contributed by atoms with E-state index in [0.29, 0.717) is 25.2 Å². The maximum Gasteiger partial charge on any atom is 0.458 e. The van der Waals surface area contributed by atoms with Crippen LogP contribution in [0.1, 0.15) is 54.1 Å². The molecule has 12 heteroatoms. The van der Waals surface area contributed by atoms with Gasteiger partial charge < -0.3 is 11.5 Å². The highest BCUT2D eigenvalue weighted by atomic mass is 32.2. The zero-order valence-corrected chi connectivity index (χ0v) is 16.6. The number of aryl methyl sites for hydroxylation is 1. The summed E-state index contributed by atoms with van der Waals surface area (Å²) in [6.07, 6.45) is -3.10. The number of nitrogens with zero attached hydrogens (tertiary/aromatic N) is 1. The van der Waals surface area contributed by atoms with Gasteiger partial charge in [0.05, 0.1) is 16.0 Å². The van der Waals surface area contributed by atoms with Crippen molar-refractivity contribution in [1.29, 1.82) is 0 Å². The lowest BCUT2D eigenvalue weighted by atomic mass is 9.95. The normalized spacial score (nSPS) is 12.7. The maximum absolute atomic E-state index is 14.4. The van der Waals surface area contributed by atoms with Gasteiger partial charge in [-0.25, -0.2) is 8.42 Å². The third kappa shape index (κ3) is 5.87. The summed E-state index contributed by atoms with van der Waals surface area (Å²) in [6.45, 7) is 1.91. The van der Waals surface area contributed by atoms with Gasteiger partial charge in [-0.15, -0.1) is 0 Å². The van der Waals surface area contributed by atoms with Gasteiger partial charge in [-0.3, -0.25) is 4.79 Å². The molecule has 0 aliphatic rings. The molecule has 0 saturated carbocycles. The summed E-state index contributed by atoms with van der Waals surface area (Å²) < 4.78 is 92.6. The van der Waals surface area contributed by atoms with Crippen molar-refractivity contribution < 1.29 is 35.2 Å². The number of rotatable bonds is 8. The van der Waals surface area contributed by atoms with Crippen molar-refractivity contribution in [3.8, 4) is 0 Å². The minimum absolute atomic E-state index is 0.0554. The van der Waals surface area contributed by atoms with E-state index in [1.165, 1.54) is 0 Å². The number of sulfone groups is 1. The molecule has 0 bridgehead atoms. The summed E-state index contributed by atoms with van der Waals surface area (Å²) in [6, 6.07) is 1.72. The van der Waals surface area contributed by atoms with Crippen LogP contribution < -0.4 is 11.5 Å². The van der Waals surface area contributed by atoms with E-state index in [-0.39, 0.29) is 12.0 Å². The van der Waals surface area contributed by atoms with Crippen LogP contribution in [-0.4, -0.2) is 32.7 Å². The van der Waals surface area contributed by atoms with Crippen LogP contribution in [-0.2, 0) is 22.2 Å². The van der Waals surface area contributed by atoms with E-state index in [9.17, 15) is 35.2 Å². The fraction of sp³-hybridized carbons (Fsp3) is 0.529. The van der Waals surface area contributed by atoms with Gasteiger partial charge in [0, 0.05) is 6.26 Å². The van der Waals surface area contributed by atoms with Crippen molar-refractivity contribution in [1.82, 2.24) is 0 Å². The lowest BCUT2D eigenvalue weighted by Crippen LogP contribution is -2.37. The van der Waals surface area contributed by atoms with Crippen LogP contribution in [0.4, 0.5) is 22.0 Å². The summed E-state index contributed by atoms with van der Waals surface area (Å²) in [7, 11) is -4.58. The van der Waals surface area contributed by atoms with Crippen LogP contribution in [0.5, 0.6) is 0 Å². The Morgan fingerprint density at radius 2 is 1.66 bits per heavy atom. The molecule has 6 nitrogen and oxygen atoms in total. The molecule has 0 spiro atoms. The van der Waals surface area contributed by atoms with Crippen molar-refractivity contribution in [3.05, 3.63) is 28.8 Å². The quantitative estimate of drug-likeness (QED) is 0.277. The first-order valence-corrected chi connectivity index (χ1v) is 10.5. The summed E-state index contributed by atoms with van der Waals surface area (Å²) in [5, 5.41) is 0. The van der Waals surface area contributed by atoms with E-state index in [1.807, 2.05) is 6.92 Å². The Labute approximate surface area is 165 Å². The molecule has 29 heavy (non-hydrogen) atoms. The fourth-order valence-electron chi connectivity index (χ4n) is 2.80. The average molecular weight is 443 g/mol. The fourth-order valence-corrected chi connectivity index (χ4v) is 4.05. The van der Waals surface area contributed by atoms with Crippen molar-refractivity contribution in [2.24, 2.45) is 16.5 Å². The number of unbranched alkanes of at least 4 members (excludes halogenated alkanes) is 3. The number of carbonyl (C=O) groups is 1. The minimum atomic E-state index is -6.15. The molecule has 0 aliphatic carbocycles. The second kappa shape index (κ2) is 9.06. The van der Waals surface area contributed by atoms with Crippen molar-refractivity contribution >= 4 is 21.7 Å². The van der Waals surface area contributed by atoms with E-state index in [1.54, 1.807) is 0 Å². The second-order valence-electron chi connectivity index (χ2n) is 6.47. The van der Waals surface area contributed by atoms with E-state index in [0.717, 1.165) is 18.9 Å². The van der Waals surface area contributed by atoms with Gasteiger partial charge in [-0.2, -0.15) is 26.9 Å². The number of guanidine groups is 1. The lowest BCUT2D eigenvalue weighted by Gasteiger charge is -2.25. The molecular formula is C17H22F5N3O3S. The molecule has 0 fully saturated rings. The molecule has 0 aliphatic heterocycles. The Bertz CT molecular complexity index is 892. The largest absolute Gasteiger partial charge is 0.458 e. The van der Waals surface area contributed by atoms with Gasteiger partial charge in [0.1, 0.15) is 0 Å².